The van der Waals surface area contributed by atoms with Crippen LogP contribution in [0.3, 0.4) is 0 Å². The van der Waals surface area contributed by atoms with E-state index < -0.39 is 0 Å². The van der Waals surface area contributed by atoms with E-state index in [0.717, 1.165) is 12.0 Å². The number of Topliss-reactive ketones (excluding diaryl/α,β-unsaturated/α-hetero) is 1. The van der Waals surface area contributed by atoms with Gasteiger partial charge in [0.1, 0.15) is 11.5 Å². The Kier molecular flexibility index (Phi) is 4.47. The van der Waals surface area contributed by atoms with Gasteiger partial charge in [-0.25, -0.2) is 0 Å². The lowest BCUT2D eigenvalue weighted by molar-refractivity contribution is -0.134. The number of allylic oxidation sites excluding steroid dienone is 1. The monoisotopic (exact) mass is 322 g/mol. The number of esters is 1. The number of rotatable bonds is 4. The fourth-order valence-corrected chi connectivity index (χ4v) is 2.44. The molecule has 0 radical (unpaired) electrons. The fourth-order valence-electron chi connectivity index (χ4n) is 2.44. The van der Waals surface area contributed by atoms with E-state index in [1.807, 2.05) is 24.3 Å². The summed E-state index contributed by atoms with van der Waals surface area (Å²) in [7, 11) is 0. The van der Waals surface area contributed by atoms with E-state index in [9.17, 15) is 9.59 Å². The Bertz CT molecular complexity index is 816. The number of benzene rings is 2. The molecule has 0 atom stereocenters. The molecule has 3 rings (SSSR count). The van der Waals surface area contributed by atoms with Gasteiger partial charge in [0.05, 0.1) is 5.56 Å². The van der Waals surface area contributed by atoms with Gasteiger partial charge in [-0.15, -0.1) is 0 Å². The van der Waals surface area contributed by atoms with Gasteiger partial charge in [0.2, 0.25) is 5.78 Å². The van der Waals surface area contributed by atoms with Crippen LogP contribution in [-0.4, -0.2) is 11.8 Å². The van der Waals surface area contributed by atoms with Crippen molar-refractivity contribution in [3.8, 4) is 11.5 Å². The molecule has 1 heterocycles. The van der Waals surface area contributed by atoms with Crippen LogP contribution in [-0.2, 0) is 11.2 Å². The molecular formula is C20H18O4. The average Bonchev–Trinajstić information content (AvgIpc) is 2.90. The number of aryl methyl sites for hydroxylation is 1. The molecule has 4 heteroatoms. The van der Waals surface area contributed by atoms with Crippen LogP contribution >= 0.6 is 0 Å². The van der Waals surface area contributed by atoms with Crippen LogP contribution in [0, 0.1) is 0 Å². The predicted octanol–water partition coefficient (Wildman–Crippen LogP) is 4.18. The first-order chi connectivity index (χ1) is 11.6. The Labute approximate surface area is 140 Å². The molecule has 0 saturated carbocycles. The molecule has 2 aromatic carbocycles. The van der Waals surface area contributed by atoms with E-state index in [1.54, 1.807) is 31.2 Å². The number of fused-ring (bicyclic) bond motifs is 1. The highest BCUT2D eigenvalue weighted by Crippen LogP contribution is 2.35. The van der Waals surface area contributed by atoms with Crippen molar-refractivity contribution >= 4 is 17.8 Å². The summed E-state index contributed by atoms with van der Waals surface area (Å²) in [5.41, 5.74) is 2.62. The molecule has 0 spiro atoms. The Morgan fingerprint density at radius 1 is 1.12 bits per heavy atom. The lowest BCUT2D eigenvalue weighted by Crippen LogP contribution is -2.05. The molecule has 122 valence electrons. The Morgan fingerprint density at radius 2 is 1.88 bits per heavy atom. The summed E-state index contributed by atoms with van der Waals surface area (Å²) in [6.07, 6.45) is 2.98. The summed E-state index contributed by atoms with van der Waals surface area (Å²) in [5.74, 6) is 0.567. The van der Waals surface area contributed by atoms with E-state index in [4.69, 9.17) is 9.47 Å². The molecule has 0 unspecified atom stereocenters. The molecular weight excluding hydrogens is 304 g/mol. The first kappa shape index (κ1) is 16.0. The van der Waals surface area contributed by atoms with Crippen LogP contribution in [0.1, 0.15) is 41.8 Å². The lowest BCUT2D eigenvalue weighted by Gasteiger charge is -2.04. The summed E-state index contributed by atoms with van der Waals surface area (Å²) < 4.78 is 10.8. The number of ketones is 1. The van der Waals surface area contributed by atoms with Gasteiger partial charge < -0.3 is 9.47 Å². The average molecular weight is 322 g/mol. The van der Waals surface area contributed by atoms with Crippen LogP contribution in [0.4, 0.5) is 0 Å². The Hall–Kier alpha value is -2.88. The molecule has 4 nitrogen and oxygen atoms in total. The largest absolute Gasteiger partial charge is 0.452 e. The molecule has 1 aliphatic rings. The molecule has 0 aromatic heterocycles. The summed E-state index contributed by atoms with van der Waals surface area (Å²) in [4.78, 5) is 23.8. The summed E-state index contributed by atoms with van der Waals surface area (Å²) in [6.45, 7) is 3.82. The third-order valence-electron chi connectivity index (χ3n) is 3.85. The molecule has 0 N–H and O–H groups in total. The highest BCUT2D eigenvalue weighted by atomic mass is 16.5. The van der Waals surface area contributed by atoms with Gasteiger partial charge in [-0.1, -0.05) is 38.1 Å². The van der Waals surface area contributed by atoms with Gasteiger partial charge in [-0.3, -0.25) is 9.59 Å². The van der Waals surface area contributed by atoms with E-state index in [0.29, 0.717) is 17.1 Å². The maximum Gasteiger partial charge on any atom is 0.310 e. The van der Waals surface area contributed by atoms with Gasteiger partial charge >= 0.3 is 5.97 Å². The van der Waals surface area contributed by atoms with Crippen LogP contribution in [0.25, 0.3) is 6.08 Å². The second kappa shape index (κ2) is 6.71. The number of hydrogen-bond acceptors (Lipinski definition) is 4. The van der Waals surface area contributed by atoms with Gasteiger partial charge in [0.15, 0.2) is 5.76 Å². The topological polar surface area (TPSA) is 52.6 Å². The highest BCUT2D eigenvalue weighted by Gasteiger charge is 2.27. The van der Waals surface area contributed by atoms with Crippen molar-refractivity contribution in [2.45, 2.75) is 26.7 Å². The molecule has 0 aliphatic carbocycles. The van der Waals surface area contributed by atoms with Crippen molar-refractivity contribution < 1.29 is 19.1 Å². The van der Waals surface area contributed by atoms with Crippen molar-refractivity contribution in [1.82, 2.24) is 0 Å². The molecule has 1 aliphatic heterocycles. The minimum absolute atomic E-state index is 0.169. The van der Waals surface area contributed by atoms with E-state index in [-0.39, 0.29) is 23.9 Å². The van der Waals surface area contributed by atoms with Crippen molar-refractivity contribution in [2.24, 2.45) is 0 Å². The quantitative estimate of drug-likeness (QED) is 0.481. The zero-order valence-corrected chi connectivity index (χ0v) is 13.7. The Balaban J connectivity index is 1.84. The normalized spacial score (nSPS) is 14.4. The predicted molar refractivity (Wildman–Crippen MR) is 91.1 cm³/mol. The van der Waals surface area contributed by atoms with Gasteiger partial charge in [-0.05, 0) is 35.8 Å². The van der Waals surface area contributed by atoms with Crippen LogP contribution < -0.4 is 9.47 Å². The van der Waals surface area contributed by atoms with Crippen molar-refractivity contribution in [3.63, 3.8) is 0 Å². The fraction of sp³-hybridized carbons (Fsp3) is 0.200. The number of ether oxygens (including phenoxy) is 2. The first-order valence-electron chi connectivity index (χ1n) is 7.98. The maximum atomic E-state index is 12.4. The minimum atomic E-state index is -0.328. The smallest absolute Gasteiger partial charge is 0.310 e. The molecule has 0 saturated heterocycles. The summed E-state index contributed by atoms with van der Waals surface area (Å²) >= 11 is 0. The second-order valence-corrected chi connectivity index (χ2v) is 5.52. The standard InChI is InChI=1S/C20H18O4/c1-3-13-5-7-14(8-6-13)11-18-20(22)16-10-9-15(12-17(16)24-18)23-19(21)4-2/h5-12H,3-4H2,1-2H3/b18-11+. The van der Waals surface area contributed by atoms with Crippen LogP contribution in [0.5, 0.6) is 11.5 Å². The van der Waals surface area contributed by atoms with Gasteiger partial charge in [0, 0.05) is 12.5 Å². The van der Waals surface area contributed by atoms with Crippen molar-refractivity contribution in [3.05, 3.63) is 64.9 Å². The third-order valence-corrected chi connectivity index (χ3v) is 3.85. The number of carbonyl (C=O) groups is 2. The van der Waals surface area contributed by atoms with Crippen molar-refractivity contribution in [2.75, 3.05) is 0 Å². The third kappa shape index (κ3) is 3.23. The maximum absolute atomic E-state index is 12.4. The SMILES string of the molecule is CCC(=O)Oc1ccc2c(c1)O/C(=C/c1ccc(CC)cc1)C2=O. The minimum Gasteiger partial charge on any atom is -0.452 e. The molecule has 2 aromatic rings. The Morgan fingerprint density at radius 3 is 2.54 bits per heavy atom. The summed E-state index contributed by atoms with van der Waals surface area (Å²) in [6, 6.07) is 12.8. The second-order valence-electron chi connectivity index (χ2n) is 5.52. The summed E-state index contributed by atoms with van der Waals surface area (Å²) in [5, 5.41) is 0. The van der Waals surface area contributed by atoms with Crippen LogP contribution in [0.15, 0.2) is 48.2 Å². The zero-order valence-electron chi connectivity index (χ0n) is 13.7. The molecule has 0 bridgehead atoms. The van der Waals surface area contributed by atoms with Gasteiger partial charge in [-0.2, -0.15) is 0 Å². The number of hydrogen-bond donors (Lipinski definition) is 0. The van der Waals surface area contributed by atoms with Gasteiger partial charge in [0.25, 0.3) is 0 Å². The lowest BCUT2D eigenvalue weighted by atomic mass is 10.1. The molecule has 0 amide bonds. The van der Waals surface area contributed by atoms with Crippen molar-refractivity contribution in [1.29, 1.82) is 0 Å². The molecule has 24 heavy (non-hydrogen) atoms. The van der Waals surface area contributed by atoms with E-state index in [2.05, 4.69) is 6.92 Å². The molecule has 0 fully saturated rings. The zero-order chi connectivity index (χ0) is 17.1. The first-order valence-corrected chi connectivity index (χ1v) is 7.98. The van der Waals surface area contributed by atoms with E-state index in [1.165, 1.54) is 5.56 Å². The highest BCUT2D eigenvalue weighted by molar-refractivity contribution is 6.14. The number of carbonyl (C=O) groups excluding carboxylic acids is 2. The van der Waals surface area contributed by atoms with E-state index >= 15 is 0 Å². The van der Waals surface area contributed by atoms with Crippen LogP contribution in [0.2, 0.25) is 0 Å².